The van der Waals surface area contributed by atoms with Crippen LogP contribution in [0.25, 0.3) is 0 Å². The fourth-order valence-electron chi connectivity index (χ4n) is 1.63. The zero-order valence-corrected chi connectivity index (χ0v) is 12.7. The van der Waals surface area contributed by atoms with Gasteiger partial charge in [-0.25, -0.2) is 9.07 Å². The van der Waals surface area contributed by atoms with Crippen LogP contribution in [0.4, 0.5) is 10.2 Å². The third-order valence-corrected chi connectivity index (χ3v) is 4.08. The molecule has 0 aliphatic rings. The number of hydrogen-bond donors (Lipinski definition) is 1. The van der Waals surface area contributed by atoms with Crippen LogP contribution in [-0.4, -0.2) is 9.78 Å². The van der Waals surface area contributed by atoms with Crippen LogP contribution in [0.1, 0.15) is 18.5 Å². The predicted molar refractivity (Wildman–Crippen MR) is 77.3 cm³/mol. The Hall–Kier alpha value is -0.630. The SMILES string of the molecule is CC(c1ccc(F)cc1Br)n1ncc(I)c1N. The Kier molecular flexibility index (Phi) is 3.72. The molecule has 0 aliphatic heterocycles. The van der Waals surface area contributed by atoms with Crippen molar-refractivity contribution in [2.45, 2.75) is 13.0 Å². The zero-order chi connectivity index (χ0) is 12.6. The zero-order valence-electron chi connectivity index (χ0n) is 8.99. The van der Waals surface area contributed by atoms with Crippen molar-refractivity contribution in [2.75, 3.05) is 5.73 Å². The summed E-state index contributed by atoms with van der Waals surface area (Å²) in [6.45, 7) is 1.97. The summed E-state index contributed by atoms with van der Waals surface area (Å²) in [6.07, 6.45) is 1.71. The van der Waals surface area contributed by atoms with Crippen LogP contribution in [-0.2, 0) is 0 Å². The van der Waals surface area contributed by atoms with Gasteiger partial charge in [-0.05, 0) is 47.2 Å². The van der Waals surface area contributed by atoms with Gasteiger partial charge < -0.3 is 5.73 Å². The molecule has 1 aromatic heterocycles. The lowest BCUT2D eigenvalue weighted by atomic mass is 10.1. The van der Waals surface area contributed by atoms with E-state index >= 15 is 0 Å². The van der Waals surface area contributed by atoms with Crippen molar-refractivity contribution in [3.05, 3.63) is 43.8 Å². The van der Waals surface area contributed by atoms with E-state index in [0.29, 0.717) is 5.82 Å². The van der Waals surface area contributed by atoms with Gasteiger partial charge in [-0.2, -0.15) is 5.10 Å². The summed E-state index contributed by atoms with van der Waals surface area (Å²) in [5, 5.41) is 4.22. The summed E-state index contributed by atoms with van der Waals surface area (Å²) < 4.78 is 16.4. The van der Waals surface area contributed by atoms with Crippen LogP contribution in [0.15, 0.2) is 28.9 Å². The molecule has 0 fully saturated rings. The summed E-state index contributed by atoms with van der Waals surface area (Å²) in [5.74, 6) is 0.352. The first kappa shape index (κ1) is 12.8. The highest BCUT2D eigenvalue weighted by atomic mass is 127. The summed E-state index contributed by atoms with van der Waals surface area (Å²) in [7, 11) is 0. The largest absolute Gasteiger partial charge is 0.383 e. The highest BCUT2D eigenvalue weighted by Crippen LogP contribution is 2.29. The van der Waals surface area contributed by atoms with Crippen molar-refractivity contribution >= 4 is 44.3 Å². The molecule has 0 saturated heterocycles. The van der Waals surface area contributed by atoms with Crippen molar-refractivity contribution in [1.29, 1.82) is 0 Å². The average molecular weight is 410 g/mol. The van der Waals surface area contributed by atoms with E-state index in [1.165, 1.54) is 12.1 Å². The number of nitrogen functional groups attached to an aromatic ring is 1. The molecule has 0 saturated carbocycles. The molecule has 3 nitrogen and oxygen atoms in total. The minimum absolute atomic E-state index is 0.0477. The van der Waals surface area contributed by atoms with Crippen LogP contribution < -0.4 is 5.73 Å². The number of halogens is 3. The highest BCUT2D eigenvalue weighted by Gasteiger charge is 2.16. The van der Waals surface area contributed by atoms with Gasteiger partial charge in [0.15, 0.2) is 0 Å². The van der Waals surface area contributed by atoms with E-state index in [0.717, 1.165) is 13.6 Å². The number of rotatable bonds is 2. The molecule has 0 spiro atoms. The van der Waals surface area contributed by atoms with Crippen LogP contribution >= 0.6 is 38.5 Å². The molecule has 0 radical (unpaired) electrons. The van der Waals surface area contributed by atoms with Crippen molar-refractivity contribution in [2.24, 2.45) is 0 Å². The molecule has 0 bridgehead atoms. The van der Waals surface area contributed by atoms with E-state index in [4.69, 9.17) is 5.73 Å². The summed E-state index contributed by atoms with van der Waals surface area (Å²) >= 11 is 5.48. The van der Waals surface area contributed by atoms with Gasteiger partial charge in [-0.3, -0.25) is 0 Å². The number of nitrogens with zero attached hydrogens (tertiary/aromatic N) is 2. The third kappa shape index (κ3) is 2.47. The van der Waals surface area contributed by atoms with Gasteiger partial charge in [0.25, 0.3) is 0 Å². The van der Waals surface area contributed by atoms with E-state index in [2.05, 4.69) is 43.6 Å². The number of benzene rings is 1. The second-order valence-electron chi connectivity index (χ2n) is 3.66. The molecule has 2 aromatic rings. The van der Waals surface area contributed by atoms with Gasteiger partial charge in [0.2, 0.25) is 0 Å². The van der Waals surface area contributed by atoms with Gasteiger partial charge >= 0.3 is 0 Å². The maximum absolute atomic E-state index is 13.0. The Labute approximate surface area is 120 Å². The monoisotopic (exact) mass is 409 g/mol. The lowest BCUT2D eigenvalue weighted by molar-refractivity contribution is 0.567. The normalized spacial score (nSPS) is 12.7. The van der Waals surface area contributed by atoms with Gasteiger partial charge in [0.05, 0.1) is 15.8 Å². The molecule has 2 rings (SSSR count). The Morgan fingerprint density at radius 1 is 1.53 bits per heavy atom. The topological polar surface area (TPSA) is 43.8 Å². The molecule has 90 valence electrons. The smallest absolute Gasteiger partial charge is 0.135 e. The van der Waals surface area contributed by atoms with Gasteiger partial charge in [0, 0.05) is 4.47 Å². The third-order valence-electron chi connectivity index (χ3n) is 2.57. The van der Waals surface area contributed by atoms with E-state index in [9.17, 15) is 4.39 Å². The first-order chi connectivity index (χ1) is 8.00. The van der Waals surface area contributed by atoms with Crippen molar-refractivity contribution in [3.8, 4) is 0 Å². The summed E-state index contributed by atoms with van der Waals surface area (Å²) in [5.41, 5.74) is 6.87. The standard InChI is InChI=1S/C11H10BrFIN3/c1-6(17-11(15)10(14)5-16-17)8-3-2-7(13)4-9(8)12/h2-6H,15H2,1H3. The fraction of sp³-hybridized carbons (Fsp3) is 0.182. The van der Waals surface area contributed by atoms with E-state index in [1.807, 2.05) is 6.92 Å². The minimum Gasteiger partial charge on any atom is -0.383 e. The summed E-state index contributed by atoms with van der Waals surface area (Å²) in [4.78, 5) is 0. The maximum atomic E-state index is 13.0. The molecule has 17 heavy (non-hydrogen) atoms. The Bertz CT molecular complexity index is 556. The summed E-state index contributed by atoms with van der Waals surface area (Å²) in [6, 6.07) is 4.56. The van der Waals surface area contributed by atoms with Crippen LogP contribution in [0.3, 0.4) is 0 Å². The van der Waals surface area contributed by atoms with Crippen LogP contribution in [0, 0.1) is 9.39 Å². The molecule has 1 aromatic carbocycles. The molecule has 1 unspecified atom stereocenters. The van der Waals surface area contributed by atoms with Crippen LogP contribution in [0.2, 0.25) is 0 Å². The fourth-order valence-corrected chi connectivity index (χ4v) is 2.69. The van der Waals surface area contributed by atoms with E-state index in [-0.39, 0.29) is 11.9 Å². The molecule has 0 aliphatic carbocycles. The van der Waals surface area contributed by atoms with Crippen molar-refractivity contribution in [3.63, 3.8) is 0 Å². The van der Waals surface area contributed by atoms with E-state index in [1.54, 1.807) is 16.9 Å². The second kappa shape index (κ2) is 4.93. The first-order valence-corrected chi connectivity index (χ1v) is 6.81. The molecule has 0 amide bonds. The van der Waals surface area contributed by atoms with Gasteiger partial charge in [0.1, 0.15) is 11.6 Å². The number of aromatic nitrogens is 2. The molecule has 1 heterocycles. The maximum Gasteiger partial charge on any atom is 0.135 e. The Morgan fingerprint density at radius 2 is 2.24 bits per heavy atom. The lowest BCUT2D eigenvalue weighted by Crippen LogP contribution is -2.12. The van der Waals surface area contributed by atoms with Gasteiger partial charge in [-0.1, -0.05) is 22.0 Å². The molecular weight excluding hydrogens is 400 g/mol. The second-order valence-corrected chi connectivity index (χ2v) is 5.68. The van der Waals surface area contributed by atoms with Gasteiger partial charge in [-0.15, -0.1) is 0 Å². The quantitative estimate of drug-likeness (QED) is 0.770. The van der Waals surface area contributed by atoms with Crippen LogP contribution in [0.5, 0.6) is 0 Å². The Morgan fingerprint density at radius 3 is 2.76 bits per heavy atom. The number of nitrogens with two attached hydrogens (primary N) is 1. The number of anilines is 1. The highest BCUT2D eigenvalue weighted by molar-refractivity contribution is 14.1. The first-order valence-electron chi connectivity index (χ1n) is 4.94. The van der Waals surface area contributed by atoms with E-state index < -0.39 is 0 Å². The predicted octanol–water partition coefficient (Wildman–Crippen LogP) is 3.58. The van der Waals surface area contributed by atoms with Crippen molar-refractivity contribution in [1.82, 2.24) is 9.78 Å². The molecule has 1 atom stereocenters. The molecular formula is C11H10BrFIN3. The molecule has 2 N–H and O–H groups in total. The number of hydrogen-bond acceptors (Lipinski definition) is 2. The lowest BCUT2D eigenvalue weighted by Gasteiger charge is -2.16. The van der Waals surface area contributed by atoms with Crippen molar-refractivity contribution < 1.29 is 4.39 Å². The Balaban J connectivity index is 2.43. The molecule has 6 heteroatoms. The average Bonchev–Trinajstić information content (AvgIpc) is 2.59. The minimum atomic E-state index is -0.268.